The van der Waals surface area contributed by atoms with Crippen molar-refractivity contribution in [1.29, 1.82) is 0 Å². The van der Waals surface area contributed by atoms with Crippen LogP contribution in [0, 0.1) is 0 Å². The topological polar surface area (TPSA) is 0 Å². The molecule has 0 bridgehead atoms. The van der Waals surface area contributed by atoms with Gasteiger partial charge in [-0.05, 0) is 77.0 Å². The first-order valence-electron chi connectivity index (χ1n) is 15.7. The summed E-state index contributed by atoms with van der Waals surface area (Å²) in [6, 6.07) is 30.2. The fourth-order valence-electron chi connectivity index (χ4n) is 6.57. The number of hydrogen-bond acceptors (Lipinski definition) is 0. The summed E-state index contributed by atoms with van der Waals surface area (Å²) in [5, 5.41) is 0. The van der Waals surface area contributed by atoms with Crippen molar-refractivity contribution in [2.24, 2.45) is 0 Å². The Morgan fingerprint density at radius 3 is 0.756 bits per heavy atom. The summed E-state index contributed by atoms with van der Waals surface area (Å²) in [7, 11) is -0.0465. The van der Waals surface area contributed by atoms with Crippen LogP contribution in [0.25, 0.3) is 0 Å². The van der Waals surface area contributed by atoms with Crippen molar-refractivity contribution in [2.75, 3.05) is 0 Å². The van der Waals surface area contributed by atoms with Crippen molar-refractivity contribution in [3.63, 3.8) is 0 Å². The van der Waals surface area contributed by atoms with Crippen LogP contribution in [0.1, 0.15) is 96.3 Å². The van der Waals surface area contributed by atoms with Gasteiger partial charge in [-0.15, -0.1) is 0 Å². The maximum atomic E-state index is 2.90. The van der Waals surface area contributed by atoms with Gasteiger partial charge in [0, 0.05) is 7.92 Å². The SMILES string of the molecule is C1CCC([PH+](C2CCCCC2)C2CCCCC2)CC1.[In+3].[Se-]c1ccccc1.[Se-]c1ccccc1.[Se-]c1ccccc1. The quantitative estimate of drug-likeness (QED) is 0.192. The minimum atomic E-state index is -0.0465. The standard InChI is InChI=1S/C18H33P.3C6H6Se.In/c1-4-10-16(11-5-1)19(17-12-6-2-7-13-17)18-14-8-3-9-15-18;3*7-6-4-2-1-3-5-6;/h16-18H,1-15H2;3*1-5,7H;/q;;;;+3/p-2. The molecule has 0 nitrogen and oxygen atoms in total. The summed E-state index contributed by atoms with van der Waals surface area (Å²) in [6.07, 6.45) is 23.8. The molecule has 3 fully saturated rings. The molecule has 0 heterocycles. The van der Waals surface area contributed by atoms with E-state index in [2.05, 4.69) is 48.0 Å². The molecule has 3 aromatic carbocycles. The van der Waals surface area contributed by atoms with Gasteiger partial charge in [0.15, 0.2) is 0 Å². The van der Waals surface area contributed by atoms with Gasteiger partial charge in [0.1, 0.15) is 0 Å². The van der Waals surface area contributed by atoms with E-state index in [-0.39, 0.29) is 33.8 Å². The summed E-state index contributed by atoms with van der Waals surface area (Å²) in [4.78, 5) is 0. The molecular formula is C36H49InPSe3+. The Morgan fingerprint density at radius 2 is 0.585 bits per heavy atom. The summed E-state index contributed by atoms with van der Waals surface area (Å²) in [5.41, 5.74) is 3.68. The van der Waals surface area contributed by atoms with Crippen LogP contribution in [0.2, 0.25) is 0 Å². The molecule has 0 atom stereocenters. The Balaban J connectivity index is 0.000000220. The third-order valence-electron chi connectivity index (χ3n) is 8.46. The molecule has 0 radical (unpaired) electrons. The number of benzene rings is 3. The van der Waals surface area contributed by atoms with Gasteiger partial charge in [0.05, 0.1) is 17.0 Å². The van der Waals surface area contributed by atoms with Gasteiger partial charge >= 0.3 is 178 Å². The van der Waals surface area contributed by atoms with Crippen LogP contribution in [0.4, 0.5) is 0 Å². The molecule has 6 rings (SSSR count). The first kappa shape index (κ1) is 37.7. The molecule has 218 valence electrons. The average Bonchev–Trinajstić information content (AvgIpc) is 3.01. The van der Waals surface area contributed by atoms with Crippen LogP contribution < -0.4 is 13.4 Å². The van der Waals surface area contributed by atoms with E-state index in [1.54, 1.807) is 96.3 Å². The van der Waals surface area contributed by atoms with Crippen LogP contribution in [0.15, 0.2) is 91.0 Å². The van der Waals surface area contributed by atoms with Gasteiger partial charge in [-0.2, -0.15) is 0 Å². The molecule has 0 saturated heterocycles. The second-order valence-corrected chi connectivity index (χ2v) is 17.9. The Hall–Kier alpha value is 0.519. The predicted octanol–water partition coefficient (Wildman–Crippen LogP) is 7.26. The average molecular weight is 864 g/mol. The van der Waals surface area contributed by atoms with Crippen LogP contribution in [0.5, 0.6) is 0 Å². The van der Waals surface area contributed by atoms with Gasteiger partial charge in [0.25, 0.3) is 0 Å². The van der Waals surface area contributed by atoms with Crippen molar-refractivity contribution < 1.29 is 0 Å². The van der Waals surface area contributed by atoms with Gasteiger partial charge in [-0.25, -0.2) is 0 Å². The molecule has 0 spiro atoms. The van der Waals surface area contributed by atoms with E-state index in [9.17, 15) is 0 Å². The Labute approximate surface area is 296 Å². The number of rotatable bonds is 3. The van der Waals surface area contributed by atoms with Crippen molar-refractivity contribution in [1.82, 2.24) is 0 Å². The van der Waals surface area contributed by atoms with Crippen LogP contribution >= 0.6 is 7.92 Å². The van der Waals surface area contributed by atoms with Gasteiger partial charge < -0.3 is 0 Å². The second kappa shape index (κ2) is 23.8. The predicted molar refractivity (Wildman–Crippen MR) is 190 cm³/mol. The third kappa shape index (κ3) is 16.4. The molecular weight excluding hydrogens is 815 g/mol. The van der Waals surface area contributed by atoms with E-state index in [1.165, 1.54) is 30.4 Å². The first-order chi connectivity index (χ1) is 19.6. The van der Waals surface area contributed by atoms with E-state index in [0.29, 0.717) is 0 Å². The normalized spacial score (nSPS) is 17.8. The molecule has 0 aromatic heterocycles. The molecule has 3 aliphatic rings. The zero-order valence-corrected chi connectivity index (χ0v) is 34.2. The molecule has 0 aliphatic heterocycles. The molecule has 3 saturated carbocycles. The first-order valence-corrected chi connectivity index (χ1v) is 20.0. The summed E-state index contributed by atoms with van der Waals surface area (Å²) in [5.74, 6) is 0. The molecule has 0 unspecified atom stereocenters. The molecule has 0 N–H and O–H groups in total. The van der Waals surface area contributed by atoms with E-state index in [0.717, 1.165) is 0 Å². The van der Waals surface area contributed by atoms with Crippen molar-refractivity contribution in [3.8, 4) is 0 Å². The zero-order chi connectivity index (χ0) is 28.3. The summed E-state index contributed by atoms with van der Waals surface area (Å²) < 4.78 is 3.59. The van der Waals surface area contributed by atoms with Crippen molar-refractivity contribution in [2.45, 2.75) is 113 Å². The fraction of sp³-hybridized carbons (Fsp3) is 0.500. The van der Waals surface area contributed by atoms with E-state index in [1.807, 2.05) is 91.0 Å². The van der Waals surface area contributed by atoms with E-state index >= 15 is 0 Å². The van der Waals surface area contributed by atoms with Gasteiger partial charge in [-0.1, -0.05) is 19.3 Å². The maximum absolute atomic E-state index is 2.90. The second-order valence-electron chi connectivity index (χ2n) is 11.4. The van der Waals surface area contributed by atoms with E-state index < -0.39 is 0 Å². The minimum absolute atomic E-state index is 0. The molecule has 3 aliphatic carbocycles. The molecule has 3 aromatic rings. The molecule has 0 amide bonds. The number of hydrogen-bond donors (Lipinski definition) is 0. The Kier molecular flexibility index (Phi) is 21.9. The van der Waals surface area contributed by atoms with Crippen LogP contribution in [-0.2, 0) is 0 Å². The van der Waals surface area contributed by atoms with Crippen molar-refractivity contribution >= 4 is 95.2 Å². The Morgan fingerprint density at radius 1 is 0.366 bits per heavy atom. The van der Waals surface area contributed by atoms with E-state index in [4.69, 9.17) is 0 Å². The third-order valence-corrected chi connectivity index (χ3v) is 14.7. The van der Waals surface area contributed by atoms with Crippen LogP contribution in [0.3, 0.4) is 0 Å². The fourth-order valence-corrected chi connectivity index (χ4v) is 12.8. The Bertz CT molecular complexity index is 855. The monoisotopic (exact) mass is 867 g/mol. The molecule has 5 heteroatoms. The van der Waals surface area contributed by atoms with Crippen LogP contribution in [-0.4, -0.2) is 90.9 Å². The molecule has 41 heavy (non-hydrogen) atoms. The van der Waals surface area contributed by atoms with Crippen molar-refractivity contribution in [3.05, 3.63) is 91.0 Å². The zero-order valence-electron chi connectivity index (χ0n) is 24.8. The summed E-state index contributed by atoms with van der Waals surface area (Å²) >= 11 is 8.71. The van der Waals surface area contributed by atoms with Gasteiger partial charge in [-0.3, -0.25) is 0 Å². The summed E-state index contributed by atoms with van der Waals surface area (Å²) in [6.45, 7) is 0. The van der Waals surface area contributed by atoms with Gasteiger partial charge in [0.2, 0.25) is 0 Å².